The van der Waals surface area contributed by atoms with Gasteiger partial charge < -0.3 is 11.1 Å². The fraction of sp³-hybridized carbons (Fsp3) is 0.500. The van der Waals surface area contributed by atoms with E-state index in [0.29, 0.717) is 12.5 Å². The highest BCUT2D eigenvalue weighted by atomic mass is 19.1. The van der Waals surface area contributed by atoms with Gasteiger partial charge in [-0.25, -0.2) is 9.37 Å². The molecule has 0 saturated heterocycles. The second kappa shape index (κ2) is 4.69. The molecule has 0 aromatic carbocycles. The molecule has 1 fully saturated rings. The number of hydrogen-bond acceptors (Lipinski definition) is 3. The predicted octanol–water partition coefficient (Wildman–Crippen LogP) is 1.58. The maximum absolute atomic E-state index is 12.9. The number of halogens is 1. The zero-order chi connectivity index (χ0) is 12.4. The monoisotopic (exact) mass is 237 g/mol. The summed E-state index contributed by atoms with van der Waals surface area (Å²) in [4.78, 5) is 15.4. The van der Waals surface area contributed by atoms with Crippen molar-refractivity contribution in [3.63, 3.8) is 0 Å². The zero-order valence-corrected chi connectivity index (χ0v) is 9.74. The van der Waals surface area contributed by atoms with Crippen molar-refractivity contribution in [2.75, 3.05) is 12.3 Å². The van der Waals surface area contributed by atoms with Gasteiger partial charge in [-0.05, 0) is 30.7 Å². The number of carbonyl (C=O) groups excluding carboxylic acids is 1. The van der Waals surface area contributed by atoms with Crippen molar-refractivity contribution in [3.05, 3.63) is 23.6 Å². The molecule has 0 radical (unpaired) electrons. The summed E-state index contributed by atoms with van der Waals surface area (Å²) >= 11 is 0. The molecular formula is C12H16FN3O. The van der Waals surface area contributed by atoms with E-state index in [2.05, 4.69) is 17.2 Å². The molecule has 3 N–H and O–H groups in total. The van der Waals surface area contributed by atoms with Gasteiger partial charge in [-0.3, -0.25) is 4.79 Å². The lowest BCUT2D eigenvalue weighted by atomic mass is 10.1. The third-order valence-corrected chi connectivity index (χ3v) is 3.14. The van der Waals surface area contributed by atoms with E-state index in [4.69, 9.17) is 5.73 Å². The molecule has 1 saturated carbocycles. The summed E-state index contributed by atoms with van der Waals surface area (Å²) in [6, 6.07) is 1.11. The maximum Gasteiger partial charge on any atom is 0.255 e. The Hall–Kier alpha value is -1.65. The van der Waals surface area contributed by atoms with Crippen LogP contribution in [0.4, 0.5) is 10.2 Å². The Morgan fingerprint density at radius 2 is 2.41 bits per heavy atom. The Morgan fingerprint density at radius 3 is 3.06 bits per heavy atom. The summed E-state index contributed by atoms with van der Waals surface area (Å²) in [5, 5.41) is 2.76. The summed E-state index contributed by atoms with van der Waals surface area (Å²) < 4.78 is 12.9. The van der Waals surface area contributed by atoms with Crippen LogP contribution in [0, 0.1) is 17.7 Å². The lowest BCUT2D eigenvalue weighted by molar-refractivity contribution is 0.0947. The first-order chi connectivity index (χ1) is 8.08. The highest BCUT2D eigenvalue weighted by Crippen LogP contribution is 2.36. The number of rotatable bonds is 4. The molecule has 1 unspecified atom stereocenters. The second-order valence-electron chi connectivity index (χ2n) is 4.61. The van der Waals surface area contributed by atoms with E-state index in [1.54, 1.807) is 0 Å². The van der Waals surface area contributed by atoms with Crippen LogP contribution in [0.3, 0.4) is 0 Å². The van der Waals surface area contributed by atoms with Crippen LogP contribution in [0.2, 0.25) is 0 Å². The summed E-state index contributed by atoms with van der Waals surface area (Å²) in [5.74, 6) is 0.324. The second-order valence-corrected chi connectivity index (χ2v) is 4.61. The largest absolute Gasteiger partial charge is 0.383 e. The minimum absolute atomic E-state index is 0.0583. The number of pyridine rings is 1. The smallest absolute Gasteiger partial charge is 0.255 e. The van der Waals surface area contributed by atoms with Crippen molar-refractivity contribution in [1.29, 1.82) is 0 Å². The standard InChI is InChI=1S/C12H16FN3O/c1-7(8-2-3-8)5-16-12(17)10-4-9(13)6-15-11(10)14/h4,6-8H,2-3,5H2,1H3,(H2,14,15)(H,16,17). The molecule has 0 spiro atoms. The van der Waals surface area contributed by atoms with Crippen LogP contribution in [0.15, 0.2) is 12.3 Å². The molecule has 92 valence electrons. The topological polar surface area (TPSA) is 68.0 Å². The Bertz CT molecular complexity index is 432. The summed E-state index contributed by atoms with van der Waals surface area (Å²) in [6.45, 7) is 2.70. The molecule has 1 aromatic rings. The number of anilines is 1. The summed E-state index contributed by atoms with van der Waals surface area (Å²) in [6.07, 6.45) is 3.47. The van der Waals surface area contributed by atoms with Crippen molar-refractivity contribution < 1.29 is 9.18 Å². The first-order valence-electron chi connectivity index (χ1n) is 5.77. The highest BCUT2D eigenvalue weighted by Gasteiger charge is 2.28. The quantitative estimate of drug-likeness (QED) is 0.835. The van der Waals surface area contributed by atoms with Crippen molar-refractivity contribution >= 4 is 11.7 Å². The van der Waals surface area contributed by atoms with Gasteiger partial charge >= 0.3 is 0 Å². The SMILES string of the molecule is CC(CNC(=O)c1cc(F)cnc1N)C1CC1. The Balaban J connectivity index is 1.96. The van der Waals surface area contributed by atoms with Gasteiger partial charge in [0.1, 0.15) is 11.6 Å². The number of hydrogen-bond donors (Lipinski definition) is 2. The van der Waals surface area contributed by atoms with E-state index in [1.807, 2.05) is 0 Å². The molecule has 2 rings (SSSR count). The lowest BCUT2D eigenvalue weighted by Crippen LogP contribution is -2.29. The van der Waals surface area contributed by atoms with Crippen LogP contribution >= 0.6 is 0 Å². The van der Waals surface area contributed by atoms with Gasteiger partial charge in [-0.1, -0.05) is 6.92 Å². The van der Waals surface area contributed by atoms with E-state index in [1.165, 1.54) is 12.8 Å². The van der Waals surface area contributed by atoms with Crippen LogP contribution < -0.4 is 11.1 Å². The number of carbonyl (C=O) groups is 1. The molecule has 1 atom stereocenters. The van der Waals surface area contributed by atoms with Crippen molar-refractivity contribution in [2.24, 2.45) is 11.8 Å². The molecule has 0 aliphatic heterocycles. The molecule has 1 aromatic heterocycles. The number of nitrogens with one attached hydrogen (secondary N) is 1. The lowest BCUT2D eigenvalue weighted by Gasteiger charge is -2.12. The maximum atomic E-state index is 12.9. The molecule has 1 heterocycles. The number of aromatic nitrogens is 1. The number of nitrogens with zero attached hydrogens (tertiary/aromatic N) is 1. The van der Waals surface area contributed by atoms with Crippen molar-refractivity contribution in [2.45, 2.75) is 19.8 Å². The third-order valence-electron chi connectivity index (χ3n) is 3.14. The van der Waals surface area contributed by atoms with Gasteiger partial charge in [0.25, 0.3) is 5.91 Å². The summed E-state index contributed by atoms with van der Waals surface area (Å²) in [7, 11) is 0. The van der Waals surface area contributed by atoms with E-state index in [0.717, 1.165) is 18.2 Å². The molecule has 4 nitrogen and oxygen atoms in total. The number of nitrogen functional groups attached to an aromatic ring is 1. The van der Waals surface area contributed by atoms with Crippen LogP contribution in [-0.2, 0) is 0 Å². The number of amides is 1. The first kappa shape index (κ1) is 11.8. The molecule has 0 bridgehead atoms. The van der Waals surface area contributed by atoms with Gasteiger partial charge in [0.2, 0.25) is 0 Å². The van der Waals surface area contributed by atoms with Gasteiger partial charge in [-0.15, -0.1) is 0 Å². The Labute approximate surface area is 99.4 Å². The fourth-order valence-electron chi connectivity index (χ4n) is 1.81. The van der Waals surface area contributed by atoms with Crippen LogP contribution in [0.25, 0.3) is 0 Å². The van der Waals surface area contributed by atoms with E-state index >= 15 is 0 Å². The molecule has 5 heteroatoms. The minimum Gasteiger partial charge on any atom is -0.383 e. The first-order valence-corrected chi connectivity index (χ1v) is 5.77. The van der Waals surface area contributed by atoms with Crippen LogP contribution in [0.1, 0.15) is 30.1 Å². The molecule has 17 heavy (non-hydrogen) atoms. The highest BCUT2D eigenvalue weighted by molar-refractivity contribution is 5.98. The van der Waals surface area contributed by atoms with Crippen molar-refractivity contribution in [1.82, 2.24) is 10.3 Å². The normalized spacial score (nSPS) is 16.6. The minimum atomic E-state index is -0.556. The predicted molar refractivity (Wildman–Crippen MR) is 62.8 cm³/mol. The van der Waals surface area contributed by atoms with E-state index in [9.17, 15) is 9.18 Å². The van der Waals surface area contributed by atoms with Crippen molar-refractivity contribution in [3.8, 4) is 0 Å². The van der Waals surface area contributed by atoms with Crippen LogP contribution in [-0.4, -0.2) is 17.4 Å². The van der Waals surface area contributed by atoms with Gasteiger partial charge in [0, 0.05) is 6.54 Å². The van der Waals surface area contributed by atoms with E-state index < -0.39 is 5.82 Å². The molecule has 1 aliphatic rings. The van der Waals surface area contributed by atoms with Crippen LogP contribution in [0.5, 0.6) is 0 Å². The van der Waals surface area contributed by atoms with Gasteiger partial charge in [0.15, 0.2) is 0 Å². The zero-order valence-electron chi connectivity index (χ0n) is 9.74. The number of nitrogens with two attached hydrogens (primary N) is 1. The molecule has 1 amide bonds. The molecule has 1 aliphatic carbocycles. The molecular weight excluding hydrogens is 221 g/mol. The van der Waals surface area contributed by atoms with Gasteiger partial charge in [0.05, 0.1) is 11.8 Å². The van der Waals surface area contributed by atoms with Gasteiger partial charge in [-0.2, -0.15) is 0 Å². The fourth-order valence-corrected chi connectivity index (χ4v) is 1.81. The summed E-state index contributed by atoms with van der Waals surface area (Å²) in [5.41, 5.74) is 5.63. The average Bonchev–Trinajstić information content (AvgIpc) is 3.12. The Kier molecular flexibility index (Phi) is 3.26. The van der Waals surface area contributed by atoms with E-state index in [-0.39, 0.29) is 17.3 Å². The third kappa shape index (κ3) is 2.93. The average molecular weight is 237 g/mol. The Morgan fingerprint density at radius 1 is 1.71 bits per heavy atom.